The molecule has 3 heteroatoms. The van der Waals surface area contributed by atoms with Crippen LogP contribution >= 0.6 is 0 Å². The summed E-state index contributed by atoms with van der Waals surface area (Å²) in [5, 5.41) is 0. The van der Waals surface area contributed by atoms with Crippen molar-refractivity contribution in [2.45, 2.75) is 77.2 Å². The molecule has 0 bridgehead atoms. The number of allylic oxidation sites excluding steroid dienone is 2. The molecule has 0 aromatic heterocycles. The van der Waals surface area contributed by atoms with Gasteiger partial charge in [-0.05, 0) is 0 Å². The van der Waals surface area contributed by atoms with Crippen LogP contribution in [0.4, 0.5) is 0 Å². The van der Waals surface area contributed by atoms with E-state index in [1.165, 1.54) is 47.2 Å². The van der Waals surface area contributed by atoms with Crippen LogP contribution in [0.3, 0.4) is 0 Å². The van der Waals surface area contributed by atoms with Crippen LogP contribution in [0, 0.1) is 0 Å². The Morgan fingerprint density at radius 1 is 0.950 bits per heavy atom. The molecule has 0 rings (SSSR count). The molecule has 2 nitrogen and oxygen atoms in total. The molecule has 0 saturated carbocycles. The molecule has 0 saturated heterocycles. The molecular weight excluding hydrogens is 302 g/mol. The fraction of sp³-hybridized carbons (Fsp3) is 0.824. The zero-order valence-corrected chi connectivity index (χ0v) is 17.1. The molecule has 0 aromatic carbocycles. The molecule has 0 radical (unpaired) electrons. The van der Waals surface area contributed by atoms with Gasteiger partial charge >= 0.3 is 133 Å². The molecular formula is C17H35GaN2. The van der Waals surface area contributed by atoms with Crippen molar-refractivity contribution in [2.24, 2.45) is 4.99 Å². The summed E-state index contributed by atoms with van der Waals surface area (Å²) in [7, 11) is 0. The summed E-state index contributed by atoms with van der Waals surface area (Å²) >= 11 is -1.32. The van der Waals surface area contributed by atoms with Crippen molar-refractivity contribution in [3.8, 4) is 0 Å². The van der Waals surface area contributed by atoms with Crippen LogP contribution in [-0.2, 0) is 0 Å². The SMILES string of the molecule is CCCN=C(C)/C=C(/C)[N](CCC)[Ga]([CH2]CC)[CH2]CC. The molecule has 0 aromatic rings. The second-order valence-electron chi connectivity index (χ2n) is 5.73. The number of aliphatic imine (C=N–C) groups is 1. The summed E-state index contributed by atoms with van der Waals surface area (Å²) in [6, 6.07) is 0. The summed E-state index contributed by atoms with van der Waals surface area (Å²) in [5.74, 6) is 0. The van der Waals surface area contributed by atoms with Gasteiger partial charge in [0.05, 0.1) is 0 Å². The van der Waals surface area contributed by atoms with Gasteiger partial charge in [-0.1, -0.05) is 0 Å². The summed E-state index contributed by atoms with van der Waals surface area (Å²) in [6.45, 7) is 15.8. The van der Waals surface area contributed by atoms with Gasteiger partial charge in [0.25, 0.3) is 0 Å². The van der Waals surface area contributed by atoms with Gasteiger partial charge in [-0.25, -0.2) is 0 Å². The molecule has 116 valence electrons. The average molecular weight is 337 g/mol. The predicted octanol–water partition coefficient (Wildman–Crippen LogP) is 5.28. The van der Waals surface area contributed by atoms with Crippen LogP contribution in [-0.4, -0.2) is 38.9 Å². The van der Waals surface area contributed by atoms with E-state index in [1.54, 1.807) is 0 Å². The zero-order chi connectivity index (χ0) is 15.4. The summed E-state index contributed by atoms with van der Waals surface area (Å²) in [4.78, 5) is 7.58. The van der Waals surface area contributed by atoms with E-state index in [2.05, 4.69) is 56.2 Å². The molecule has 0 N–H and O–H groups in total. The second kappa shape index (κ2) is 12.6. The van der Waals surface area contributed by atoms with E-state index in [0.717, 1.165) is 13.0 Å². The van der Waals surface area contributed by atoms with Crippen LogP contribution in [0.5, 0.6) is 0 Å². The molecule has 0 aliphatic rings. The van der Waals surface area contributed by atoms with Gasteiger partial charge in [0, 0.05) is 0 Å². The topological polar surface area (TPSA) is 15.6 Å². The Morgan fingerprint density at radius 2 is 1.55 bits per heavy atom. The maximum atomic E-state index is 4.61. The monoisotopic (exact) mass is 336 g/mol. The number of nitrogens with zero attached hydrogens (tertiary/aromatic N) is 2. The van der Waals surface area contributed by atoms with Crippen molar-refractivity contribution < 1.29 is 0 Å². The summed E-state index contributed by atoms with van der Waals surface area (Å²) in [6.07, 6.45) is 7.40. The molecule has 0 fully saturated rings. The third-order valence-electron chi connectivity index (χ3n) is 3.60. The first kappa shape index (κ1) is 19.8. The van der Waals surface area contributed by atoms with Gasteiger partial charge in [-0.3, -0.25) is 0 Å². The second-order valence-corrected chi connectivity index (χ2v) is 12.2. The molecule has 0 aliphatic heterocycles. The minimum atomic E-state index is -1.32. The molecule has 20 heavy (non-hydrogen) atoms. The van der Waals surface area contributed by atoms with E-state index >= 15 is 0 Å². The van der Waals surface area contributed by atoms with Crippen LogP contribution in [0.15, 0.2) is 16.8 Å². The van der Waals surface area contributed by atoms with Gasteiger partial charge < -0.3 is 0 Å². The Hall–Kier alpha value is -0.154. The van der Waals surface area contributed by atoms with Gasteiger partial charge in [0.2, 0.25) is 0 Å². The van der Waals surface area contributed by atoms with Crippen molar-refractivity contribution in [3.05, 3.63) is 11.8 Å². The Labute approximate surface area is 133 Å². The number of rotatable bonds is 11. The van der Waals surface area contributed by atoms with Gasteiger partial charge in [-0.15, -0.1) is 0 Å². The van der Waals surface area contributed by atoms with Crippen LogP contribution in [0.1, 0.15) is 67.2 Å². The molecule has 0 unspecified atom stereocenters. The third kappa shape index (κ3) is 8.20. The summed E-state index contributed by atoms with van der Waals surface area (Å²) in [5.41, 5.74) is 2.66. The molecule has 0 atom stereocenters. The van der Waals surface area contributed by atoms with E-state index < -0.39 is 16.5 Å². The Morgan fingerprint density at radius 3 is 2.00 bits per heavy atom. The Kier molecular flexibility index (Phi) is 12.5. The standard InChI is InChI=1S/C11H21N2.2C3H7.Ga/c1-5-7-12-10(3)9-11(4)13-8-6-2;2*1-3-2;/h9H,5-8H2,1-4H3;2*1,3H2,2H3;/q-1;;;+1/b10-9-,13-11?;;;. The first-order valence-electron chi connectivity index (χ1n) is 8.56. The van der Waals surface area contributed by atoms with Crippen molar-refractivity contribution in [3.63, 3.8) is 0 Å². The van der Waals surface area contributed by atoms with Gasteiger partial charge in [0.15, 0.2) is 0 Å². The van der Waals surface area contributed by atoms with Crippen molar-refractivity contribution in [2.75, 3.05) is 13.1 Å². The quantitative estimate of drug-likeness (QED) is 0.370. The van der Waals surface area contributed by atoms with Gasteiger partial charge in [-0.2, -0.15) is 0 Å². The van der Waals surface area contributed by atoms with Crippen LogP contribution in [0.2, 0.25) is 9.95 Å². The fourth-order valence-corrected chi connectivity index (χ4v) is 10.1. The maximum absolute atomic E-state index is 4.61. The zero-order valence-electron chi connectivity index (χ0n) is 14.7. The van der Waals surface area contributed by atoms with E-state index in [9.17, 15) is 0 Å². The predicted molar refractivity (Wildman–Crippen MR) is 95.0 cm³/mol. The molecule has 0 spiro atoms. The van der Waals surface area contributed by atoms with Gasteiger partial charge in [0.1, 0.15) is 0 Å². The minimum absolute atomic E-state index is 0.957. The molecule has 0 aliphatic carbocycles. The van der Waals surface area contributed by atoms with Crippen molar-refractivity contribution in [1.29, 1.82) is 0 Å². The average Bonchev–Trinajstić information content (AvgIpc) is 2.42. The van der Waals surface area contributed by atoms with E-state index in [1.807, 2.05) is 0 Å². The van der Waals surface area contributed by atoms with Crippen LogP contribution in [0.25, 0.3) is 0 Å². The molecule has 0 heterocycles. The Bertz CT molecular complexity index is 291. The fourth-order valence-electron chi connectivity index (χ4n) is 2.73. The summed E-state index contributed by atoms with van der Waals surface area (Å²) < 4.78 is 2.80. The molecule has 0 amide bonds. The Balaban J connectivity index is 4.97. The van der Waals surface area contributed by atoms with E-state index in [4.69, 9.17) is 0 Å². The van der Waals surface area contributed by atoms with Crippen molar-refractivity contribution in [1.82, 2.24) is 3.61 Å². The van der Waals surface area contributed by atoms with Crippen LogP contribution < -0.4 is 0 Å². The third-order valence-corrected chi connectivity index (χ3v) is 12.1. The number of hydrogen-bond donors (Lipinski definition) is 0. The first-order chi connectivity index (χ1) is 9.60. The van der Waals surface area contributed by atoms with Crippen molar-refractivity contribution >= 4 is 22.2 Å². The number of hydrogen-bond acceptors (Lipinski definition) is 2. The van der Waals surface area contributed by atoms with E-state index in [-0.39, 0.29) is 0 Å². The first-order valence-corrected chi connectivity index (χ1v) is 13.1. The van der Waals surface area contributed by atoms with E-state index in [0.29, 0.717) is 0 Å². The normalized spacial score (nSPS) is 12.7.